The molecule has 2 aromatic heterocycles. The SMILES string of the molecule is CCN1CCN(CCCNS(=O)(=O)c2cc(-c3nc(C)c(C)s3)sc2C)CC1. The van der Waals surface area contributed by atoms with Crippen molar-refractivity contribution in [2.75, 3.05) is 45.8 Å². The highest BCUT2D eigenvalue weighted by molar-refractivity contribution is 7.89. The maximum atomic E-state index is 12.8. The van der Waals surface area contributed by atoms with Crippen LogP contribution in [0.4, 0.5) is 0 Å². The van der Waals surface area contributed by atoms with Gasteiger partial charge in [-0.2, -0.15) is 0 Å². The molecule has 0 aliphatic carbocycles. The lowest BCUT2D eigenvalue weighted by atomic mass is 10.3. The molecule has 0 atom stereocenters. The molecule has 0 amide bonds. The predicted octanol–water partition coefficient (Wildman–Crippen LogP) is 3.10. The number of aromatic nitrogens is 1. The molecule has 1 fully saturated rings. The minimum atomic E-state index is -3.49. The lowest BCUT2D eigenvalue weighted by Gasteiger charge is -2.33. The van der Waals surface area contributed by atoms with E-state index in [1.165, 1.54) is 16.2 Å². The summed E-state index contributed by atoms with van der Waals surface area (Å²) in [4.78, 5) is 12.7. The first-order valence-corrected chi connectivity index (χ1v) is 12.9. The summed E-state index contributed by atoms with van der Waals surface area (Å²) in [5.74, 6) is 0. The maximum Gasteiger partial charge on any atom is 0.241 e. The Labute approximate surface area is 176 Å². The van der Waals surface area contributed by atoms with Crippen molar-refractivity contribution < 1.29 is 8.42 Å². The zero-order chi connectivity index (χ0) is 20.3. The van der Waals surface area contributed by atoms with Crippen LogP contribution in [0.3, 0.4) is 0 Å². The van der Waals surface area contributed by atoms with Crippen molar-refractivity contribution in [1.82, 2.24) is 19.5 Å². The summed E-state index contributed by atoms with van der Waals surface area (Å²) >= 11 is 3.11. The minimum Gasteiger partial charge on any atom is -0.301 e. The summed E-state index contributed by atoms with van der Waals surface area (Å²) in [6, 6.07) is 1.77. The van der Waals surface area contributed by atoms with Gasteiger partial charge in [0.2, 0.25) is 10.0 Å². The summed E-state index contributed by atoms with van der Waals surface area (Å²) in [5.41, 5.74) is 1.01. The molecule has 0 unspecified atom stereocenters. The Hall–Kier alpha value is -0.840. The van der Waals surface area contributed by atoms with E-state index in [2.05, 4.69) is 26.4 Å². The lowest BCUT2D eigenvalue weighted by Crippen LogP contribution is -2.46. The van der Waals surface area contributed by atoms with Gasteiger partial charge in [-0.1, -0.05) is 6.92 Å². The van der Waals surface area contributed by atoms with E-state index in [1.807, 2.05) is 20.8 Å². The molecule has 3 heterocycles. The molecular weight excluding hydrogens is 412 g/mol. The molecule has 0 spiro atoms. The van der Waals surface area contributed by atoms with Crippen molar-refractivity contribution in [3.8, 4) is 9.88 Å². The van der Waals surface area contributed by atoms with E-state index in [0.29, 0.717) is 11.4 Å². The summed E-state index contributed by atoms with van der Waals surface area (Å²) in [6.07, 6.45) is 0.826. The smallest absolute Gasteiger partial charge is 0.241 e. The number of nitrogens with one attached hydrogen (secondary N) is 1. The van der Waals surface area contributed by atoms with Crippen LogP contribution in [-0.4, -0.2) is 69.0 Å². The zero-order valence-electron chi connectivity index (χ0n) is 17.1. The molecule has 0 aromatic carbocycles. The fraction of sp³-hybridized carbons (Fsp3) is 0.632. The highest BCUT2D eigenvalue weighted by Crippen LogP contribution is 2.36. The van der Waals surface area contributed by atoms with Crippen LogP contribution in [0.1, 0.15) is 28.8 Å². The van der Waals surface area contributed by atoms with E-state index in [-0.39, 0.29) is 0 Å². The summed E-state index contributed by atoms with van der Waals surface area (Å²) in [7, 11) is -3.49. The summed E-state index contributed by atoms with van der Waals surface area (Å²) in [6.45, 7) is 14.9. The molecular formula is C19H30N4O2S3. The Morgan fingerprint density at radius 2 is 1.75 bits per heavy atom. The number of aryl methyl sites for hydroxylation is 3. The van der Waals surface area contributed by atoms with Crippen LogP contribution >= 0.6 is 22.7 Å². The van der Waals surface area contributed by atoms with Gasteiger partial charge in [0.15, 0.2) is 0 Å². The van der Waals surface area contributed by atoms with Gasteiger partial charge in [0.05, 0.1) is 15.5 Å². The van der Waals surface area contributed by atoms with Crippen LogP contribution in [0, 0.1) is 20.8 Å². The first kappa shape index (κ1) is 21.9. The molecule has 0 radical (unpaired) electrons. The highest BCUT2D eigenvalue weighted by Gasteiger charge is 2.22. The molecule has 1 aliphatic rings. The third-order valence-corrected chi connectivity index (χ3v) is 9.27. The van der Waals surface area contributed by atoms with Gasteiger partial charge < -0.3 is 9.80 Å². The normalized spacial score (nSPS) is 16.7. The van der Waals surface area contributed by atoms with Crippen LogP contribution in [0.15, 0.2) is 11.0 Å². The largest absolute Gasteiger partial charge is 0.301 e. The second-order valence-electron chi connectivity index (χ2n) is 7.22. The molecule has 1 aliphatic heterocycles. The number of thiazole rings is 1. The van der Waals surface area contributed by atoms with Gasteiger partial charge in [0.1, 0.15) is 5.01 Å². The molecule has 0 bridgehead atoms. The fourth-order valence-electron chi connectivity index (χ4n) is 3.33. The number of hydrogen-bond acceptors (Lipinski definition) is 7. The first-order chi connectivity index (χ1) is 13.3. The number of likely N-dealkylation sites (N-methyl/N-ethyl adjacent to an activating group) is 1. The molecule has 6 nitrogen and oxygen atoms in total. The maximum absolute atomic E-state index is 12.8. The van der Waals surface area contributed by atoms with Gasteiger partial charge in [-0.05, 0) is 46.3 Å². The molecule has 9 heteroatoms. The second-order valence-corrected chi connectivity index (χ2v) is 11.4. The van der Waals surface area contributed by atoms with E-state index >= 15 is 0 Å². The van der Waals surface area contributed by atoms with Crippen molar-refractivity contribution >= 4 is 32.7 Å². The van der Waals surface area contributed by atoms with Gasteiger partial charge >= 0.3 is 0 Å². The average Bonchev–Trinajstić information content (AvgIpc) is 3.22. The number of sulfonamides is 1. The molecule has 0 saturated carbocycles. The average molecular weight is 443 g/mol. The Bertz CT molecular complexity index is 877. The zero-order valence-corrected chi connectivity index (χ0v) is 19.6. The second kappa shape index (κ2) is 9.32. The van der Waals surface area contributed by atoms with E-state index in [1.54, 1.807) is 17.4 Å². The summed E-state index contributed by atoms with van der Waals surface area (Å²) < 4.78 is 28.3. The molecule has 28 heavy (non-hydrogen) atoms. The van der Waals surface area contributed by atoms with Crippen LogP contribution in [0.2, 0.25) is 0 Å². The minimum absolute atomic E-state index is 0.384. The molecule has 1 saturated heterocycles. The standard InChI is InChI=1S/C19H30N4O2S3/c1-5-22-9-11-23(12-10-22)8-6-7-20-28(24,25)18-13-17(26-16(18)4)19-21-14(2)15(3)27-19/h13,20H,5-12H2,1-4H3. The van der Waals surface area contributed by atoms with Gasteiger partial charge in [-0.25, -0.2) is 18.1 Å². The van der Waals surface area contributed by atoms with E-state index in [0.717, 1.165) is 66.1 Å². The number of piperazine rings is 1. The van der Waals surface area contributed by atoms with Gasteiger partial charge in [-0.15, -0.1) is 22.7 Å². The van der Waals surface area contributed by atoms with E-state index in [4.69, 9.17) is 0 Å². The van der Waals surface area contributed by atoms with Crippen LogP contribution in [0.5, 0.6) is 0 Å². The van der Waals surface area contributed by atoms with Crippen molar-refractivity contribution in [2.45, 2.75) is 39.0 Å². The van der Waals surface area contributed by atoms with Gasteiger partial charge in [0, 0.05) is 42.5 Å². The third kappa shape index (κ3) is 5.20. The monoisotopic (exact) mass is 442 g/mol. The third-order valence-electron chi connectivity index (χ3n) is 5.26. The fourth-order valence-corrected chi connectivity index (χ4v) is 6.96. The summed E-state index contributed by atoms with van der Waals surface area (Å²) in [5, 5.41) is 0.899. The number of nitrogens with zero attached hydrogens (tertiary/aromatic N) is 3. The molecule has 3 rings (SSSR count). The van der Waals surface area contributed by atoms with Crippen LogP contribution < -0.4 is 4.72 Å². The van der Waals surface area contributed by atoms with Gasteiger partial charge in [0.25, 0.3) is 0 Å². The van der Waals surface area contributed by atoms with Crippen LogP contribution in [-0.2, 0) is 10.0 Å². The molecule has 156 valence electrons. The Kier molecular flexibility index (Phi) is 7.27. The van der Waals surface area contributed by atoms with E-state index in [9.17, 15) is 8.42 Å². The number of thiophene rings is 1. The van der Waals surface area contributed by atoms with Crippen LogP contribution in [0.25, 0.3) is 9.88 Å². The van der Waals surface area contributed by atoms with Crippen molar-refractivity contribution in [3.63, 3.8) is 0 Å². The topological polar surface area (TPSA) is 65.5 Å². The van der Waals surface area contributed by atoms with E-state index < -0.39 is 10.0 Å². The predicted molar refractivity (Wildman–Crippen MR) is 118 cm³/mol. The first-order valence-electron chi connectivity index (χ1n) is 9.79. The molecule has 1 N–H and O–H groups in total. The number of hydrogen-bond donors (Lipinski definition) is 1. The Balaban J connectivity index is 1.55. The van der Waals surface area contributed by atoms with Crippen molar-refractivity contribution in [2.24, 2.45) is 0 Å². The van der Waals surface area contributed by atoms with Crippen molar-refractivity contribution in [3.05, 3.63) is 21.5 Å². The Morgan fingerprint density at radius 3 is 2.36 bits per heavy atom. The van der Waals surface area contributed by atoms with Gasteiger partial charge in [-0.3, -0.25) is 0 Å². The number of rotatable bonds is 8. The quantitative estimate of drug-likeness (QED) is 0.637. The molecule has 2 aromatic rings. The Morgan fingerprint density at radius 1 is 1.07 bits per heavy atom. The highest BCUT2D eigenvalue weighted by atomic mass is 32.2. The lowest BCUT2D eigenvalue weighted by molar-refractivity contribution is 0.136. The van der Waals surface area contributed by atoms with Crippen molar-refractivity contribution in [1.29, 1.82) is 0 Å².